The fourth-order valence-electron chi connectivity index (χ4n) is 2.60. The van der Waals surface area contributed by atoms with Crippen molar-refractivity contribution in [2.75, 3.05) is 6.54 Å². The molecular formula is C20H20N2O3S2. The quantitative estimate of drug-likeness (QED) is 0.631. The summed E-state index contributed by atoms with van der Waals surface area (Å²) in [7, 11) is -3.67. The summed E-state index contributed by atoms with van der Waals surface area (Å²) in [6.45, 7) is 0.546. The van der Waals surface area contributed by atoms with Gasteiger partial charge < -0.3 is 4.90 Å². The van der Waals surface area contributed by atoms with E-state index in [-0.39, 0.29) is 16.7 Å². The lowest BCUT2D eigenvalue weighted by atomic mass is 10.1. The lowest BCUT2D eigenvalue weighted by Gasteiger charge is -2.23. The Bertz CT molecular complexity index is 915. The molecule has 1 amide bonds. The van der Waals surface area contributed by atoms with Crippen LogP contribution >= 0.6 is 11.3 Å². The summed E-state index contributed by atoms with van der Waals surface area (Å²) in [6.07, 6.45) is 0. The van der Waals surface area contributed by atoms with Gasteiger partial charge in [0.05, 0.1) is 6.54 Å². The monoisotopic (exact) mass is 400 g/mol. The topological polar surface area (TPSA) is 66.5 Å². The Morgan fingerprint density at radius 3 is 1.89 bits per heavy atom. The number of amides is 1. The Labute approximate surface area is 163 Å². The third-order valence-electron chi connectivity index (χ3n) is 3.96. The van der Waals surface area contributed by atoms with E-state index in [1.807, 2.05) is 60.7 Å². The van der Waals surface area contributed by atoms with E-state index in [2.05, 4.69) is 4.72 Å². The number of rotatable bonds is 8. The van der Waals surface area contributed by atoms with Crippen LogP contribution < -0.4 is 4.72 Å². The van der Waals surface area contributed by atoms with E-state index in [0.717, 1.165) is 22.5 Å². The van der Waals surface area contributed by atoms with Crippen molar-refractivity contribution in [2.24, 2.45) is 0 Å². The fraction of sp³-hybridized carbons (Fsp3) is 0.150. The van der Waals surface area contributed by atoms with E-state index >= 15 is 0 Å². The van der Waals surface area contributed by atoms with Gasteiger partial charge in [0.15, 0.2) is 0 Å². The Morgan fingerprint density at radius 2 is 1.41 bits per heavy atom. The second kappa shape index (κ2) is 8.94. The molecule has 0 unspecified atom stereocenters. The van der Waals surface area contributed by atoms with Gasteiger partial charge in [0.1, 0.15) is 4.21 Å². The van der Waals surface area contributed by atoms with E-state index in [9.17, 15) is 13.2 Å². The number of nitrogens with zero attached hydrogens (tertiary/aromatic N) is 1. The highest BCUT2D eigenvalue weighted by Crippen LogP contribution is 2.15. The lowest BCUT2D eigenvalue weighted by molar-refractivity contribution is -0.131. The van der Waals surface area contributed by atoms with E-state index in [0.29, 0.717) is 13.1 Å². The van der Waals surface area contributed by atoms with Crippen LogP contribution in [0.1, 0.15) is 11.1 Å². The predicted molar refractivity (Wildman–Crippen MR) is 107 cm³/mol. The van der Waals surface area contributed by atoms with Crippen LogP contribution in [0.2, 0.25) is 0 Å². The molecular weight excluding hydrogens is 380 g/mol. The Hall–Kier alpha value is -2.48. The molecule has 0 aliphatic carbocycles. The summed E-state index contributed by atoms with van der Waals surface area (Å²) >= 11 is 1.12. The molecule has 0 bridgehead atoms. The molecule has 0 saturated heterocycles. The van der Waals surface area contributed by atoms with Crippen molar-refractivity contribution in [1.29, 1.82) is 0 Å². The van der Waals surface area contributed by atoms with E-state index in [4.69, 9.17) is 0 Å². The van der Waals surface area contributed by atoms with Crippen LogP contribution in [0, 0.1) is 0 Å². The maximum Gasteiger partial charge on any atom is 0.250 e. The van der Waals surface area contributed by atoms with E-state index < -0.39 is 10.0 Å². The van der Waals surface area contributed by atoms with Crippen molar-refractivity contribution in [2.45, 2.75) is 17.3 Å². The highest BCUT2D eigenvalue weighted by atomic mass is 32.2. The normalized spacial score (nSPS) is 11.3. The average Bonchev–Trinajstić information content (AvgIpc) is 3.23. The van der Waals surface area contributed by atoms with Crippen LogP contribution in [-0.4, -0.2) is 25.8 Å². The number of nitrogens with one attached hydrogen (secondary N) is 1. The largest absolute Gasteiger partial charge is 0.333 e. The highest BCUT2D eigenvalue weighted by Gasteiger charge is 2.20. The summed E-state index contributed by atoms with van der Waals surface area (Å²) in [6, 6.07) is 22.5. The van der Waals surface area contributed by atoms with Crippen LogP contribution in [0.4, 0.5) is 0 Å². The average molecular weight is 401 g/mol. The third-order valence-corrected chi connectivity index (χ3v) is 6.76. The second-order valence-corrected chi connectivity index (χ2v) is 8.92. The van der Waals surface area contributed by atoms with Gasteiger partial charge in [-0.3, -0.25) is 4.79 Å². The smallest absolute Gasteiger partial charge is 0.250 e. The predicted octanol–water partition coefficient (Wildman–Crippen LogP) is 3.26. The molecule has 0 atom stereocenters. The van der Waals surface area contributed by atoms with Crippen molar-refractivity contribution < 1.29 is 13.2 Å². The van der Waals surface area contributed by atoms with Gasteiger partial charge in [0.25, 0.3) is 10.0 Å². The number of carbonyl (C=O) groups excluding carboxylic acids is 1. The number of hydrogen-bond acceptors (Lipinski definition) is 4. The third kappa shape index (κ3) is 5.50. The second-order valence-electron chi connectivity index (χ2n) is 5.98. The van der Waals surface area contributed by atoms with Gasteiger partial charge in [0.2, 0.25) is 5.91 Å². The zero-order valence-corrected chi connectivity index (χ0v) is 16.2. The molecule has 0 radical (unpaired) electrons. The highest BCUT2D eigenvalue weighted by molar-refractivity contribution is 7.91. The SMILES string of the molecule is O=C(CNS(=O)(=O)c1cccs1)N(Cc1ccccc1)Cc1ccccc1. The molecule has 0 saturated carbocycles. The van der Waals surface area contributed by atoms with Crippen molar-refractivity contribution in [1.82, 2.24) is 9.62 Å². The first-order chi connectivity index (χ1) is 13.0. The molecule has 3 rings (SSSR count). The molecule has 3 aromatic rings. The molecule has 0 spiro atoms. The molecule has 0 aliphatic rings. The molecule has 1 N–H and O–H groups in total. The van der Waals surface area contributed by atoms with Crippen molar-refractivity contribution in [3.63, 3.8) is 0 Å². The molecule has 7 heteroatoms. The standard InChI is InChI=1S/C20H20N2O3S2/c23-19(14-21-27(24,25)20-12-7-13-26-20)22(15-17-8-3-1-4-9-17)16-18-10-5-2-6-11-18/h1-13,21H,14-16H2. The van der Waals surface area contributed by atoms with Crippen molar-refractivity contribution in [3.05, 3.63) is 89.3 Å². The van der Waals surface area contributed by atoms with Gasteiger partial charge in [-0.2, -0.15) is 0 Å². The van der Waals surface area contributed by atoms with E-state index in [1.54, 1.807) is 16.3 Å². The summed E-state index contributed by atoms with van der Waals surface area (Å²) in [5, 5.41) is 1.69. The van der Waals surface area contributed by atoms with E-state index in [1.165, 1.54) is 6.07 Å². The Kier molecular flexibility index (Phi) is 6.39. The van der Waals surface area contributed by atoms with Crippen LogP contribution in [0.25, 0.3) is 0 Å². The molecule has 2 aromatic carbocycles. The fourth-order valence-corrected chi connectivity index (χ4v) is 4.61. The lowest BCUT2D eigenvalue weighted by Crippen LogP contribution is -2.39. The minimum absolute atomic E-state index is 0.202. The van der Waals surface area contributed by atoms with Gasteiger partial charge in [-0.05, 0) is 22.6 Å². The van der Waals surface area contributed by atoms with Crippen LogP contribution in [0.3, 0.4) is 0 Å². The first kappa shape index (κ1) is 19.3. The molecule has 0 fully saturated rings. The Balaban J connectivity index is 1.72. The first-order valence-electron chi connectivity index (χ1n) is 8.43. The van der Waals surface area contributed by atoms with Crippen LogP contribution in [0.5, 0.6) is 0 Å². The molecule has 0 aliphatic heterocycles. The van der Waals surface area contributed by atoms with Gasteiger partial charge >= 0.3 is 0 Å². The van der Waals surface area contributed by atoms with Gasteiger partial charge in [-0.25, -0.2) is 13.1 Å². The Morgan fingerprint density at radius 1 is 0.852 bits per heavy atom. The number of sulfonamides is 1. The number of thiophene rings is 1. The van der Waals surface area contributed by atoms with Gasteiger partial charge in [-0.1, -0.05) is 66.7 Å². The summed E-state index contributed by atoms with van der Waals surface area (Å²) < 4.78 is 27.1. The maximum atomic E-state index is 12.8. The van der Waals surface area contributed by atoms with Crippen LogP contribution in [-0.2, 0) is 27.9 Å². The molecule has 1 heterocycles. The van der Waals surface area contributed by atoms with Crippen molar-refractivity contribution in [3.8, 4) is 0 Å². The zero-order valence-electron chi connectivity index (χ0n) is 14.6. The molecule has 27 heavy (non-hydrogen) atoms. The van der Waals surface area contributed by atoms with Gasteiger partial charge in [-0.15, -0.1) is 11.3 Å². The maximum absolute atomic E-state index is 12.8. The number of benzene rings is 2. The molecule has 140 valence electrons. The minimum atomic E-state index is -3.67. The number of carbonyl (C=O) groups is 1. The summed E-state index contributed by atoms with van der Waals surface area (Å²) in [5.74, 6) is -0.275. The number of hydrogen-bond donors (Lipinski definition) is 1. The van der Waals surface area contributed by atoms with Crippen LogP contribution in [0.15, 0.2) is 82.4 Å². The molecule has 5 nitrogen and oxygen atoms in total. The molecule has 1 aromatic heterocycles. The first-order valence-corrected chi connectivity index (χ1v) is 10.8. The minimum Gasteiger partial charge on any atom is -0.333 e. The van der Waals surface area contributed by atoms with Crippen molar-refractivity contribution >= 4 is 27.3 Å². The van der Waals surface area contributed by atoms with Gasteiger partial charge in [0, 0.05) is 13.1 Å². The summed E-state index contributed by atoms with van der Waals surface area (Å²) in [4.78, 5) is 14.4. The zero-order chi connectivity index (χ0) is 19.1. The summed E-state index contributed by atoms with van der Waals surface area (Å²) in [5.41, 5.74) is 1.98.